The van der Waals surface area contributed by atoms with E-state index in [0.717, 1.165) is 54.2 Å². The van der Waals surface area contributed by atoms with Crippen molar-refractivity contribution in [2.24, 2.45) is 0 Å². The first-order valence-electron chi connectivity index (χ1n) is 10.5. The van der Waals surface area contributed by atoms with Crippen molar-refractivity contribution in [1.29, 1.82) is 0 Å². The van der Waals surface area contributed by atoms with Gasteiger partial charge in [-0.15, -0.1) is 0 Å². The van der Waals surface area contributed by atoms with E-state index in [9.17, 15) is 4.79 Å². The summed E-state index contributed by atoms with van der Waals surface area (Å²) in [4.78, 5) is 28.4. The molecule has 30 heavy (non-hydrogen) atoms. The first-order valence-corrected chi connectivity index (χ1v) is 10.5. The van der Waals surface area contributed by atoms with Gasteiger partial charge in [-0.05, 0) is 51.3 Å². The van der Waals surface area contributed by atoms with Gasteiger partial charge in [0.05, 0.1) is 17.9 Å². The maximum atomic E-state index is 12.5. The quantitative estimate of drug-likeness (QED) is 0.717. The molecule has 1 saturated carbocycles. The minimum Gasteiger partial charge on any atom is -0.372 e. The van der Waals surface area contributed by atoms with Gasteiger partial charge in [0, 0.05) is 24.7 Å². The molecule has 1 aliphatic heterocycles. The summed E-state index contributed by atoms with van der Waals surface area (Å²) in [6.07, 6.45) is 5.74. The molecule has 8 nitrogen and oxygen atoms in total. The van der Waals surface area contributed by atoms with Gasteiger partial charge in [0.1, 0.15) is 12.7 Å². The van der Waals surface area contributed by atoms with E-state index < -0.39 is 0 Å². The third kappa shape index (κ3) is 3.52. The number of imidazole rings is 1. The number of anilines is 1. The predicted molar refractivity (Wildman–Crippen MR) is 114 cm³/mol. The molecule has 1 N–H and O–H groups in total. The molecule has 5 rings (SSSR count). The van der Waals surface area contributed by atoms with E-state index in [1.54, 1.807) is 12.7 Å². The summed E-state index contributed by atoms with van der Waals surface area (Å²) in [6, 6.07) is 6.07. The highest BCUT2D eigenvalue weighted by molar-refractivity contribution is 5.95. The van der Waals surface area contributed by atoms with Crippen molar-refractivity contribution >= 4 is 22.9 Å². The van der Waals surface area contributed by atoms with Crippen LogP contribution in [-0.4, -0.2) is 56.8 Å². The summed E-state index contributed by atoms with van der Waals surface area (Å²) in [5, 5.41) is 3.05. The van der Waals surface area contributed by atoms with Crippen LogP contribution in [0.3, 0.4) is 0 Å². The third-order valence-corrected chi connectivity index (χ3v) is 5.68. The van der Waals surface area contributed by atoms with Gasteiger partial charge < -0.3 is 15.0 Å². The van der Waals surface area contributed by atoms with Crippen LogP contribution in [0, 0.1) is 6.92 Å². The summed E-state index contributed by atoms with van der Waals surface area (Å²) in [6.45, 7) is 7.69. The Bertz CT molecular complexity index is 1100. The first-order chi connectivity index (χ1) is 14.5. The highest BCUT2D eigenvalue weighted by Crippen LogP contribution is 2.28. The van der Waals surface area contributed by atoms with E-state index in [-0.39, 0.29) is 18.1 Å². The van der Waals surface area contributed by atoms with E-state index in [1.807, 2.05) is 29.7 Å². The molecule has 2 aromatic heterocycles. The van der Waals surface area contributed by atoms with Crippen LogP contribution in [0.15, 0.2) is 30.9 Å². The number of amides is 1. The Morgan fingerprint density at radius 1 is 1.13 bits per heavy atom. The van der Waals surface area contributed by atoms with Gasteiger partial charge in [0.15, 0.2) is 17.0 Å². The molecule has 0 bridgehead atoms. The van der Waals surface area contributed by atoms with Crippen LogP contribution in [0.2, 0.25) is 0 Å². The van der Waals surface area contributed by atoms with Crippen LogP contribution >= 0.6 is 0 Å². The molecule has 156 valence electrons. The molecule has 0 radical (unpaired) electrons. The number of hydrogen-bond donors (Lipinski definition) is 1. The summed E-state index contributed by atoms with van der Waals surface area (Å²) in [7, 11) is 0. The molecule has 2 fully saturated rings. The zero-order valence-electron chi connectivity index (χ0n) is 17.5. The van der Waals surface area contributed by atoms with Gasteiger partial charge in [-0.3, -0.25) is 9.36 Å². The lowest BCUT2D eigenvalue weighted by Crippen LogP contribution is -2.46. The zero-order chi connectivity index (χ0) is 20.8. The Kier molecular flexibility index (Phi) is 4.66. The third-order valence-electron chi connectivity index (χ3n) is 5.68. The van der Waals surface area contributed by atoms with Gasteiger partial charge in [-0.25, -0.2) is 15.0 Å². The highest BCUT2D eigenvalue weighted by atomic mass is 16.5. The smallest absolute Gasteiger partial charge is 0.251 e. The number of aryl methyl sites for hydroxylation is 1. The number of carbonyl (C=O) groups excluding carboxylic acids is 1. The Labute approximate surface area is 175 Å². The second-order valence-corrected chi connectivity index (χ2v) is 8.40. The normalized spacial score (nSPS) is 21.8. The fourth-order valence-corrected chi connectivity index (χ4v) is 4.09. The number of carbonyl (C=O) groups is 1. The van der Waals surface area contributed by atoms with Crippen molar-refractivity contribution < 1.29 is 9.53 Å². The largest absolute Gasteiger partial charge is 0.372 e. The van der Waals surface area contributed by atoms with E-state index in [2.05, 4.69) is 39.0 Å². The summed E-state index contributed by atoms with van der Waals surface area (Å²) in [5.74, 6) is 0.788. The van der Waals surface area contributed by atoms with Crippen molar-refractivity contribution in [3.8, 4) is 5.69 Å². The molecular formula is C22H26N6O2. The van der Waals surface area contributed by atoms with Crippen LogP contribution in [0.25, 0.3) is 16.9 Å². The van der Waals surface area contributed by atoms with Crippen molar-refractivity contribution in [2.45, 2.75) is 51.9 Å². The minimum absolute atomic E-state index is 0.0326. The van der Waals surface area contributed by atoms with Crippen molar-refractivity contribution in [3.63, 3.8) is 0 Å². The molecule has 1 saturated heterocycles. The van der Waals surface area contributed by atoms with E-state index >= 15 is 0 Å². The Morgan fingerprint density at radius 3 is 2.63 bits per heavy atom. The average molecular weight is 406 g/mol. The number of rotatable bonds is 4. The molecule has 2 aliphatic rings. The van der Waals surface area contributed by atoms with Crippen LogP contribution in [0.1, 0.15) is 42.6 Å². The average Bonchev–Trinajstić information content (AvgIpc) is 3.42. The highest BCUT2D eigenvalue weighted by Gasteiger charge is 2.27. The molecule has 8 heteroatoms. The lowest BCUT2D eigenvalue weighted by Gasteiger charge is -2.35. The molecule has 3 aromatic rings. The van der Waals surface area contributed by atoms with Gasteiger partial charge in [0.2, 0.25) is 0 Å². The maximum absolute atomic E-state index is 12.5. The Hall–Kier alpha value is -3.00. The first kappa shape index (κ1) is 19.0. The van der Waals surface area contributed by atoms with Crippen LogP contribution < -0.4 is 10.2 Å². The second kappa shape index (κ2) is 7.36. The van der Waals surface area contributed by atoms with Crippen LogP contribution in [0.4, 0.5) is 5.82 Å². The Morgan fingerprint density at radius 2 is 1.90 bits per heavy atom. The van der Waals surface area contributed by atoms with Crippen LogP contribution in [-0.2, 0) is 4.74 Å². The number of ether oxygens (including phenoxy) is 1. The molecule has 2 unspecified atom stereocenters. The van der Waals surface area contributed by atoms with Gasteiger partial charge in [0.25, 0.3) is 5.91 Å². The molecule has 2 atom stereocenters. The standard InChI is InChI=1S/C22H26N6O2/c1-13-4-5-16(22(29)26-17-6-7-17)8-18(13)28-12-25-19-20(23-11-24-21(19)28)27-9-14(2)30-15(3)10-27/h4-5,8,11-12,14-15,17H,6-7,9-10H2,1-3H3,(H,26,29). The monoisotopic (exact) mass is 406 g/mol. The van der Waals surface area contributed by atoms with Crippen LogP contribution in [0.5, 0.6) is 0 Å². The number of fused-ring (bicyclic) bond motifs is 1. The van der Waals surface area contributed by atoms with Gasteiger partial charge in [-0.2, -0.15) is 0 Å². The summed E-state index contributed by atoms with van der Waals surface area (Å²) < 4.78 is 7.80. The zero-order valence-corrected chi connectivity index (χ0v) is 17.5. The fourth-order valence-electron chi connectivity index (χ4n) is 4.09. The second-order valence-electron chi connectivity index (χ2n) is 8.40. The van der Waals surface area contributed by atoms with Crippen molar-refractivity contribution in [3.05, 3.63) is 42.0 Å². The number of nitrogens with one attached hydrogen (secondary N) is 1. The van der Waals surface area contributed by atoms with E-state index in [0.29, 0.717) is 11.6 Å². The van der Waals surface area contributed by atoms with Crippen molar-refractivity contribution in [2.75, 3.05) is 18.0 Å². The van der Waals surface area contributed by atoms with Gasteiger partial charge >= 0.3 is 0 Å². The van der Waals surface area contributed by atoms with E-state index in [4.69, 9.17) is 4.74 Å². The van der Waals surface area contributed by atoms with Gasteiger partial charge in [-0.1, -0.05) is 6.07 Å². The molecule has 1 aromatic carbocycles. The number of morpholine rings is 1. The van der Waals surface area contributed by atoms with Crippen molar-refractivity contribution in [1.82, 2.24) is 24.8 Å². The molecule has 3 heterocycles. The topological polar surface area (TPSA) is 85.2 Å². The molecule has 0 spiro atoms. The lowest BCUT2D eigenvalue weighted by molar-refractivity contribution is -0.00538. The SMILES string of the molecule is Cc1ccc(C(=O)NC2CC2)cc1-n1cnc2c(N3CC(C)OC(C)C3)ncnc21. The summed E-state index contributed by atoms with van der Waals surface area (Å²) >= 11 is 0. The number of benzene rings is 1. The summed E-state index contributed by atoms with van der Waals surface area (Å²) in [5.41, 5.74) is 4.08. The molecule has 1 amide bonds. The van der Waals surface area contributed by atoms with E-state index in [1.165, 1.54) is 0 Å². The lowest BCUT2D eigenvalue weighted by atomic mass is 10.1. The number of nitrogens with zero attached hydrogens (tertiary/aromatic N) is 5. The number of hydrogen-bond acceptors (Lipinski definition) is 6. The number of aromatic nitrogens is 4. The predicted octanol–water partition coefficient (Wildman–Crippen LogP) is 2.63. The Balaban J connectivity index is 1.53. The molecule has 1 aliphatic carbocycles. The minimum atomic E-state index is -0.0326. The molecular weight excluding hydrogens is 380 g/mol. The maximum Gasteiger partial charge on any atom is 0.251 e. The fraction of sp³-hybridized carbons (Fsp3) is 0.455.